The molecule has 0 saturated carbocycles. The molecule has 1 aliphatic heterocycles. The second-order valence-electron chi connectivity index (χ2n) is 9.56. The van der Waals surface area contributed by atoms with Gasteiger partial charge in [-0.05, 0) is 83.5 Å². The molecule has 2 aliphatic rings. The zero-order valence-electron chi connectivity index (χ0n) is 21.4. The summed E-state index contributed by atoms with van der Waals surface area (Å²) < 4.78 is 22.5. The van der Waals surface area contributed by atoms with Crippen molar-refractivity contribution in [1.82, 2.24) is 0 Å². The number of fused-ring (bicyclic) bond motifs is 2. The van der Waals surface area contributed by atoms with E-state index in [9.17, 15) is 19.8 Å². The first-order valence-electron chi connectivity index (χ1n) is 12.7. The summed E-state index contributed by atoms with van der Waals surface area (Å²) in [5.74, 6) is -0.345. The van der Waals surface area contributed by atoms with E-state index in [1.54, 1.807) is 19.2 Å². The van der Waals surface area contributed by atoms with E-state index >= 15 is 0 Å². The second-order valence-corrected chi connectivity index (χ2v) is 9.56. The van der Waals surface area contributed by atoms with Crippen LogP contribution in [0.15, 0.2) is 54.6 Å². The summed E-state index contributed by atoms with van der Waals surface area (Å²) in [6.45, 7) is 2.68. The highest BCUT2D eigenvalue weighted by molar-refractivity contribution is 5.80. The minimum atomic E-state index is -1.12. The predicted octanol–water partition coefficient (Wildman–Crippen LogP) is 4.82. The van der Waals surface area contributed by atoms with Crippen molar-refractivity contribution in [3.05, 3.63) is 82.4 Å². The number of carbonyl (C=O) groups is 2. The van der Waals surface area contributed by atoms with Gasteiger partial charge in [-0.3, -0.25) is 9.59 Å². The minimum Gasteiger partial charge on any atom is -0.497 e. The molecule has 2 unspecified atom stereocenters. The van der Waals surface area contributed by atoms with Crippen LogP contribution in [0.1, 0.15) is 47.6 Å². The maximum atomic E-state index is 13.0. The molecule has 8 heteroatoms. The van der Waals surface area contributed by atoms with Crippen molar-refractivity contribution in [2.24, 2.45) is 5.92 Å². The summed E-state index contributed by atoms with van der Waals surface area (Å²) in [6.07, 6.45) is 1.25. The van der Waals surface area contributed by atoms with E-state index < -0.39 is 23.3 Å². The maximum absolute atomic E-state index is 13.0. The van der Waals surface area contributed by atoms with Crippen molar-refractivity contribution in [3.63, 3.8) is 0 Å². The van der Waals surface area contributed by atoms with Crippen LogP contribution in [0.25, 0.3) is 0 Å². The number of carboxylic acid groups (broad SMARTS) is 2. The normalized spacial score (nSPS) is 19.2. The lowest BCUT2D eigenvalue weighted by Gasteiger charge is -2.38. The van der Waals surface area contributed by atoms with Crippen LogP contribution in [0.2, 0.25) is 0 Å². The molecule has 2 N–H and O–H groups in total. The van der Waals surface area contributed by atoms with Crippen LogP contribution in [0.4, 0.5) is 0 Å². The maximum Gasteiger partial charge on any atom is 0.308 e. The van der Waals surface area contributed by atoms with Crippen LogP contribution in [-0.2, 0) is 27.8 Å². The molecule has 38 heavy (non-hydrogen) atoms. The van der Waals surface area contributed by atoms with Gasteiger partial charge in [-0.1, -0.05) is 25.1 Å². The predicted molar refractivity (Wildman–Crippen MR) is 138 cm³/mol. The molecule has 1 aliphatic carbocycles. The average Bonchev–Trinajstić information content (AvgIpc) is 3.53. The summed E-state index contributed by atoms with van der Waals surface area (Å²) in [6, 6.07) is 16.7. The zero-order chi connectivity index (χ0) is 26.9. The molecule has 0 spiro atoms. The molecule has 3 aromatic rings. The molecule has 0 saturated heterocycles. The fourth-order valence-corrected chi connectivity index (χ4v) is 5.78. The van der Waals surface area contributed by atoms with Crippen molar-refractivity contribution >= 4 is 11.9 Å². The molecule has 8 nitrogen and oxygen atoms in total. The van der Waals surface area contributed by atoms with E-state index in [4.69, 9.17) is 18.9 Å². The number of rotatable bonds is 10. The Hall–Kier alpha value is -4.20. The molecule has 2 atom stereocenters. The molecule has 0 bridgehead atoms. The molecule has 198 valence electrons. The van der Waals surface area contributed by atoms with E-state index in [0.29, 0.717) is 29.6 Å². The quantitative estimate of drug-likeness (QED) is 0.393. The third kappa shape index (κ3) is 4.30. The highest BCUT2D eigenvalue weighted by Crippen LogP contribution is 2.55. The Morgan fingerprint density at radius 3 is 2.47 bits per heavy atom. The highest BCUT2D eigenvalue weighted by atomic mass is 16.7. The molecule has 0 amide bonds. The van der Waals surface area contributed by atoms with Crippen LogP contribution >= 0.6 is 0 Å². The molecule has 5 rings (SSSR count). The number of benzene rings is 3. The smallest absolute Gasteiger partial charge is 0.308 e. The Kier molecular flexibility index (Phi) is 6.89. The van der Waals surface area contributed by atoms with Crippen molar-refractivity contribution in [2.75, 3.05) is 20.5 Å². The van der Waals surface area contributed by atoms with E-state index in [0.717, 1.165) is 34.2 Å². The Labute approximate surface area is 220 Å². The van der Waals surface area contributed by atoms with Gasteiger partial charge in [-0.25, -0.2) is 0 Å². The van der Waals surface area contributed by atoms with Crippen LogP contribution in [0.5, 0.6) is 23.0 Å². The molecule has 3 aromatic carbocycles. The molecular weight excluding hydrogens is 488 g/mol. The standard InChI is InChI=1S/C30H30O8/c1-3-12-36-22-7-9-24-19(14-22)15-25(29(33)34)30(24,20-5-10-26-27(16-20)38-17-37-26)23-8-6-21(35-2)13-18(23)4-11-28(31)32/h5-10,13-14,16,25H,3-4,11-12,15,17H2,1-2H3,(H,31,32)(H,33,34). The number of hydrogen-bond acceptors (Lipinski definition) is 6. The third-order valence-corrected chi connectivity index (χ3v) is 7.39. The van der Waals surface area contributed by atoms with Crippen LogP contribution in [0.3, 0.4) is 0 Å². The number of aliphatic carboxylic acids is 2. The summed E-state index contributed by atoms with van der Waals surface area (Å²) in [4.78, 5) is 24.6. The molecule has 0 fully saturated rings. The van der Waals surface area contributed by atoms with Crippen molar-refractivity contribution in [1.29, 1.82) is 0 Å². The van der Waals surface area contributed by atoms with Gasteiger partial charge < -0.3 is 29.2 Å². The fraction of sp³-hybridized carbons (Fsp3) is 0.333. The first-order valence-corrected chi connectivity index (χ1v) is 12.7. The van der Waals surface area contributed by atoms with Gasteiger partial charge in [0, 0.05) is 6.42 Å². The first kappa shape index (κ1) is 25.4. The topological polar surface area (TPSA) is 112 Å². The molecule has 0 radical (unpaired) electrons. The number of carboxylic acids is 2. The van der Waals surface area contributed by atoms with E-state index in [1.165, 1.54) is 0 Å². The van der Waals surface area contributed by atoms with Gasteiger partial charge in [0.25, 0.3) is 0 Å². The molecular formula is C30H30O8. The van der Waals surface area contributed by atoms with Gasteiger partial charge in [0.2, 0.25) is 6.79 Å². The van der Waals surface area contributed by atoms with Gasteiger partial charge in [0.05, 0.1) is 25.0 Å². The summed E-state index contributed by atoms with van der Waals surface area (Å²) >= 11 is 0. The Morgan fingerprint density at radius 2 is 1.74 bits per heavy atom. The SMILES string of the molecule is CCCOc1ccc2c(c1)CC(C(=O)O)C2(c1ccc2c(c1)OCO2)c1ccc(OC)cc1CCC(=O)O. The van der Waals surface area contributed by atoms with Crippen LogP contribution < -0.4 is 18.9 Å². The Bertz CT molecular complexity index is 1380. The number of aryl methyl sites for hydroxylation is 1. The van der Waals surface area contributed by atoms with Crippen LogP contribution in [-0.4, -0.2) is 42.7 Å². The van der Waals surface area contributed by atoms with Gasteiger partial charge in [0.15, 0.2) is 11.5 Å². The lowest BCUT2D eigenvalue weighted by molar-refractivity contribution is -0.143. The number of ether oxygens (including phenoxy) is 4. The first-order chi connectivity index (χ1) is 18.4. The Morgan fingerprint density at radius 1 is 0.974 bits per heavy atom. The van der Waals surface area contributed by atoms with Gasteiger partial charge in [0.1, 0.15) is 11.5 Å². The monoisotopic (exact) mass is 518 g/mol. The summed E-state index contributed by atoms with van der Waals surface area (Å²) in [7, 11) is 1.55. The lowest BCUT2D eigenvalue weighted by atomic mass is 9.63. The van der Waals surface area contributed by atoms with Crippen molar-refractivity contribution in [2.45, 2.75) is 38.0 Å². The van der Waals surface area contributed by atoms with Gasteiger partial charge in [-0.15, -0.1) is 0 Å². The van der Waals surface area contributed by atoms with E-state index in [-0.39, 0.29) is 26.1 Å². The van der Waals surface area contributed by atoms with Crippen LogP contribution in [0, 0.1) is 5.92 Å². The van der Waals surface area contributed by atoms with Crippen molar-refractivity contribution < 1.29 is 38.7 Å². The largest absolute Gasteiger partial charge is 0.497 e. The molecule has 0 aromatic heterocycles. The fourth-order valence-electron chi connectivity index (χ4n) is 5.78. The zero-order valence-corrected chi connectivity index (χ0v) is 21.4. The second kappa shape index (κ2) is 10.3. The van der Waals surface area contributed by atoms with Gasteiger partial charge in [-0.2, -0.15) is 0 Å². The summed E-state index contributed by atoms with van der Waals surface area (Å²) in [5.41, 5.74) is 2.78. The highest BCUT2D eigenvalue weighted by Gasteiger charge is 2.54. The van der Waals surface area contributed by atoms with Gasteiger partial charge >= 0.3 is 11.9 Å². The third-order valence-electron chi connectivity index (χ3n) is 7.39. The number of methoxy groups -OCH3 is 1. The lowest BCUT2D eigenvalue weighted by Crippen LogP contribution is -2.40. The summed E-state index contributed by atoms with van der Waals surface area (Å²) in [5, 5.41) is 20.1. The Balaban J connectivity index is 1.80. The van der Waals surface area contributed by atoms with E-state index in [2.05, 4.69) is 0 Å². The average molecular weight is 519 g/mol. The van der Waals surface area contributed by atoms with Crippen molar-refractivity contribution in [3.8, 4) is 23.0 Å². The number of hydrogen-bond donors (Lipinski definition) is 2. The molecule has 1 heterocycles. The van der Waals surface area contributed by atoms with E-state index in [1.807, 2.05) is 49.4 Å². The minimum absolute atomic E-state index is 0.0925.